The SMILES string of the molecule is C.CCC(C)(C)n1ccc(Cn2cc(-c3nc(N)nc4c(C)cccc34)nn2)n1.Cc1ccc2c(-c3cn(Cc4ccn(C(C)(C)CO)n4)nn3)nc(N)nc2c1.Cc1cccc2c(-c3cn(Cc4ccn(CC5CCOCC5)n4)nn3)nc(N)nc12. The molecule has 1 fully saturated rings. The van der Waals surface area contributed by atoms with Crippen molar-refractivity contribution in [2.45, 2.75) is 119 Å². The summed E-state index contributed by atoms with van der Waals surface area (Å²) in [5.74, 6) is 1.29. The summed E-state index contributed by atoms with van der Waals surface area (Å²) in [4.78, 5) is 26.3. The molecule has 9 aromatic heterocycles. The van der Waals surface area contributed by atoms with Crippen LogP contribution < -0.4 is 17.2 Å². The highest BCUT2D eigenvalue weighted by Gasteiger charge is 2.23. The van der Waals surface area contributed by atoms with Crippen molar-refractivity contribution in [2.75, 3.05) is 37.0 Å². The largest absolute Gasteiger partial charge is 0.394 e. The number of aryl methyl sites for hydroxylation is 3. The van der Waals surface area contributed by atoms with Crippen LogP contribution in [-0.2, 0) is 42.0 Å². The summed E-state index contributed by atoms with van der Waals surface area (Å²) in [7, 11) is 0. The Kier molecular flexibility index (Phi) is 17.5. The Labute approximate surface area is 502 Å². The molecule has 0 atom stereocenters. The van der Waals surface area contributed by atoms with Gasteiger partial charge in [0.05, 0.1) is 89.5 Å². The molecule has 26 heteroatoms. The van der Waals surface area contributed by atoms with E-state index in [0.29, 0.717) is 59.7 Å². The summed E-state index contributed by atoms with van der Waals surface area (Å²) >= 11 is 0. The molecule has 0 unspecified atom stereocenters. The number of nitrogens with zero attached hydrogens (tertiary/aromatic N) is 21. The van der Waals surface area contributed by atoms with Crippen LogP contribution >= 0.6 is 0 Å². The van der Waals surface area contributed by atoms with Crippen LogP contribution in [0.25, 0.3) is 66.9 Å². The molecule has 26 nitrogen and oxygen atoms in total. The highest BCUT2D eigenvalue weighted by atomic mass is 16.5. The number of benzene rings is 3. The first kappa shape index (κ1) is 60.2. The molecule has 1 aliphatic rings. The fourth-order valence-corrected chi connectivity index (χ4v) is 10.0. The number of nitrogen functional groups attached to an aromatic ring is 3. The Morgan fingerprint density at radius 1 is 0.540 bits per heavy atom. The van der Waals surface area contributed by atoms with Gasteiger partial charge in [0, 0.05) is 54.5 Å². The Balaban J connectivity index is 0.000000144. The molecule has 0 amide bonds. The van der Waals surface area contributed by atoms with E-state index in [1.54, 1.807) is 18.7 Å². The minimum absolute atomic E-state index is 0. The Morgan fingerprint density at radius 2 is 1.00 bits per heavy atom. The normalized spacial score (nSPS) is 12.9. The fourth-order valence-electron chi connectivity index (χ4n) is 10.0. The molecular formula is C61H74N24O2. The molecular weight excluding hydrogens is 1100 g/mol. The minimum atomic E-state index is -0.457. The van der Waals surface area contributed by atoms with Crippen molar-refractivity contribution in [3.05, 3.63) is 144 Å². The average molecular weight is 1180 g/mol. The van der Waals surface area contributed by atoms with E-state index in [1.807, 2.05) is 154 Å². The number of ether oxygens (including phenoxy) is 1. The number of rotatable bonds is 15. The molecule has 1 aliphatic heterocycles. The van der Waals surface area contributed by atoms with Crippen molar-refractivity contribution < 1.29 is 9.84 Å². The van der Waals surface area contributed by atoms with Gasteiger partial charge in [0.2, 0.25) is 17.8 Å². The summed E-state index contributed by atoms with van der Waals surface area (Å²) in [5.41, 5.74) is 29.6. The van der Waals surface area contributed by atoms with Crippen LogP contribution in [0.15, 0.2) is 110 Å². The lowest BCUT2D eigenvalue weighted by Gasteiger charge is -2.23. The predicted octanol–water partition coefficient (Wildman–Crippen LogP) is 8.01. The number of aromatic nitrogens is 21. The van der Waals surface area contributed by atoms with Gasteiger partial charge in [-0.1, -0.05) is 78.5 Å². The first-order chi connectivity index (χ1) is 41.4. The maximum atomic E-state index is 9.49. The molecule has 12 aromatic rings. The summed E-state index contributed by atoms with van der Waals surface area (Å²) in [6.07, 6.45) is 14.6. The van der Waals surface area contributed by atoms with Gasteiger partial charge in [-0.15, -0.1) is 15.3 Å². The number of aliphatic hydroxyl groups excluding tert-OH is 1. The van der Waals surface area contributed by atoms with E-state index >= 15 is 0 Å². The lowest BCUT2D eigenvalue weighted by molar-refractivity contribution is 0.0601. The number of aliphatic hydroxyl groups is 1. The van der Waals surface area contributed by atoms with Crippen LogP contribution in [-0.4, -0.2) is 129 Å². The number of hydrogen-bond acceptors (Lipinski definition) is 20. The van der Waals surface area contributed by atoms with Crippen molar-refractivity contribution in [3.8, 4) is 34.2 Å². The number of para-hydroxylation sites is 2. The smallest absolute Gasteiger partial charge is 0.221 e. The molecule has 450 valence electrons. The van der Waals surface area contributed by atoms with Crippen LogP contribution in [0.2, 0.25) is 0 Å². The molecule has 13 rings (SSSR count). The highest BCUT2D eigenvalue weighted by Crippen LogP contribution is 2.30. The highest BCUT2D eigenvalue weighted by molar-refractivity contribution is 5.95. The Morgan fingerprint density at radius 3 is 1.49 bits per heavy atom. The van der Waals surface area contributed by atoms with E-state index in [9.17, 15) is 5.11 Å². The van der Waals surface area contributed by atoms with Crippen LogP contribution in [0.4, 0.5) is 17.8 Å². The summed E-state index contributed by atoms with van der Waals surface area (Å²) < 4.78 is 16.4. The molecule has 1 saturated heterocycles. The van der Waals surface area contributed by atoms with E-state index in [-0.39, 0.29) is 37.4 Å². The van der Waals surface area contributed by atoms with E-state index in [1.165, 1.54) is 0 Å². The molecule has 0 spiro atoms. The third kappa shape index (κ3) is 13.6. The van der Waals surface area contributed by atoms with Crippen LogP contribution in [0, 0.1) is 26.7 Å². The first-order valence-corrected chi connectivity index (χ1v) is 28.5. The zero-order chi connectivity index (χ0) is 60.3. The Bertz CT molecular complexity index is 4320. The van der Waals surface area contributed by atoms with Gasteiger partial charge in [0.15, 0.2) is 0 Å². The topological polar surface area (TPSA) is 330 Å². The molecule has 0 bridgehead atoms. The van der Waals surface area contributed by atoms with E-state index < -0.39 is 5.54 Å². The third-order valence-corrected chi connectivity index (χ3v) is 15.3. The van der Waals surface area contributed by atoms with Crippen LogP contribution in [0.3, 0.4) is 0 Å². The first-order valence-electron chi connectivity index (χ1n) is 28.5. The van der Waals surface area contributed by atoms with Crippen molar-refractivity contribution in [2.24, 2.45) is 5.92 Å². The van der Waals surface area contributed by atoms with E-state index in [4.69, 9.17) is 27.0 Å². The molecule has 7 N–H and O–H groups in total. The van der Waals surface area contributed by atoms with Gasteiger partial charge >= 0.3 is 0 Å². The van der Waals surface area contributed by atoms with Crippen LogP contribution in [0.1, 0.15) is 95.1 Å². The summed E-state index contributed by atoms with van der Waals surface area (Å²) in [6.45, 7) is 20.5. The summed E-state index contributed by atoms with van der Waals surface area (Å²) in [6, 6.07) is 23.8. The van der Waals surface area contributed by atoms with Gasteiger partial charge in [-0.2, -0.15) is 15.3 Å². The standard InChI is InChI=1S/C21H24N8O.C20H24N8.C19H22N8O.CH4/c1-14-3-2-4-17-19(14)23-21(22)24-20(17)18-13-29(27-25-18)12-16-5-8-28(26-16)11-15-6-9-30-10-7-15;1-5-20(3,4)28-10-9-14(25-28)11-27-12-16(24-26-27)18-15-8-6-7-13(2)17(15)22-19(21)23-18;1-12-4-5-14-15(8-12)21-18(20)22-17(14)16-10-26(25-23-16)9-13-6-7-27(24-13)19(2,3)11-28;/h2-5,8,13,15H,6-7,9-12H2,1H3,(H2,22,23,24);6-10,12H,5,11H2,1-4H3,(H2,21,22,23);4-8,10,28H,9,11H2,1-3H3,(H2,20,21,22);1H4. The van der Waals surface area contributed by atoms with Gasteiger partial charge in [0.25, 0.3) is 0 Å². The molecule has 3 aromatic carbocycles. The van der Waals surface area contributed by atoms with Gasteiger partial charge in [-0.3, -0.25) is 14.0 Å². The Hall–Kier alpha value is -9.95. The van der Waals surface area contributed by atoms with Crippen molar-refractivity contribution in [3.63, 3.8) is 0 Å². The second-order valence-corrected chi connectivity index (χ2v) is 22.9. The third-order valence-electron chi connectivity index (χ3n) is 15.3. The number of fused-ring (bicyclic) bond motifs is 3. The molecule has 0 saturated carbocycles. The van der Waals surface area contributed by atoms with Gasteiger partial charge in [0.1, 0.15) is 34.2 Å². The summed E-state index contributed by atoms with van der Waals surface area (Å²) in [5, 5.41) is 51.7. The predicted molar refractivity (Wildman–Crippen MR) is 333 cm³/mol. The second-order valence-electron chi connectivity index (χ2n) is 22.9. The maximum Gasteiger partial charge on any atom is 0.221 e. The number of anilines is 3. The fraction of sp³-hybridized carbons (Fsp3) is 0.361. The molecule has 0 aliphatic carbocycles. The lowest BCUT2D eigenvalue weighted by atomic mass is 10.0. The number of nitrogens with two attached hydrogens (primary N) is 3. The van der Waals surface area contributed by atoms with Crippen molar-refractivity contribution in [1.82, 2.24) is 104 Å². The van der Waals surface area contributed by atoms with Gasteiger partial charge in [-0.25, -0.2) is 43.9 Å². The maximum absolute atomic E-state index is 9.49. The van der Waals surface area contributed by atoms with E-state index in [0.717, 1.165) is 106 Å². The van der Waals surface area contributed by atoms with Gasteiger partial charge in [-0.05, 0) is 115 Å². The van der Waals surface area contributed by atoms with Gasteiger partial charge < -0.3 is 27.0 Å². The molecule has 87 heavy (non-hydrogen) atoms. The average Bonchev–Trinajstić information content (AvgIpc) is 3.19. The second kappa shape index (κ2) is 25.3. The minimum Gasteiger partial charge on any atom is -0.394 e. The quantitative estimate of drug-likeness (QED) is 0.0755. The monoisotopic (exact) mass is 1170 g/mol. The van der Waals surface area contributed by atoms with Crippen molar-refractivity contribution >= 4 is 50.6 Å². The lowest BCUT2D eigenvalue weighted by Crippen LogP contribution is -2.31. The van der Waals surface area contributed by atoms with E-state index in [2.05, 4.69) is 91.8 Å². The molecule has 0 radical (unpaired) electrons. The zero-order valence-corrected chi connectivity index (χ0v) is 49.5. The number of hydrogen-bond donors (Lipinski definition) is 4. The molecule has 10 heterocycles. The zero-order valence-electron chi connectivity index (χ0n) is 49.5. The van der Waals surface area contributed by atoms with Crippen LogP contribution in [0.5, 0.6) is 0 Å². The van der Waals surface area contributed by atoms with Crippen molar-refractivity contribution in [1.29, 1.82) is 0 Å².